The summed E-state index contributed by atoms with van der Waals surface area (Å²) in [5.41, 5.74) is 0.224. The molecule has 0 N–H and O–H groups in total. The Bertz CT molecular complexity index is 978. The average molecular weight is 415 g/mol. The van der Waals surface area contributed by atoms with Crippen molar-refractivity contribution in [3.05, 3.63) is 58.1 Å². The summed E-state index contributed by atoms with van der Waals surface area (Å²) in [5, 5.41) is 11.7. The number of alkyl halides is 3. The van der Waals surface area contributed by atoms with Crippen LogP contribution in [-0.2, 0) is 11.4 Å². The standard InChI is InChI=1S/C16H12F3N3O3S2/c1-26-15-20-14-10(5-4-8-13(14)27-15)9-21(25-16(17,18)19)11-6-2-3-7-12(11)22(23)24/h2-8H,9H2,1H3. The Morgan fingerprint density at radius 2 is 2.00 bits per heavy atom. The molecule has 2 aromatic carbocycles. The lowest BCUT2D eigenvalue weighted by Crippen LogP contribution is -2.31. The Morgan fingerprint density at radius 3 is 2.67 bits per heavy atom. The van der Waals surface area contributed by atoms with Gasteiger partial charge in [-0.15, -0.1) is 24.5 Å². The number of nitro benzene ring substituents is 1. The number of rotatable bonds is 6. The molecule has 3 rings (SSSR count). The van der Waals surface area contributed by atoms with E-state index in [0.29, 0.717) is 16.1 Å². The van der Waals surface area contributed by atoms with Crippen molar-refractivity contribution in [2.24, 2.45) is 0 Å². The molecule has 0 radical (unpaired) electrons. The van der Waals surface area contributed by atoms with Gasteiger partial charge in [-0.2, -0.15) is 4.84 Å². The molecule has 0 aliphatic heterocycles. The molecular weight excluding hydrogens is 403 g/mol. The van der Waals surface area contributed by atoms with E-state index in [9.17, 15) is 23.3 Å². The molecular formula is C16H12F3N3O3S2. The first-order valence-corrected chi connectivity index (χ1v) is 9.52. The lowest BCUT2D eigenvalue weighted by Gasteiger charge is -2.24. The number of halogens is 3. The SMILES string of the molecule is CSc1nc2c(CN(OC(F)(F)F)c3ccccc3[N+](=O)[O-])cccc2s1. The van der Waals surface area contributed by atoms with Crippen LogP contribution in [-0.4, -0.2) is 22.5 Å². The first-order chi connectivity index (χ1) is 12.8. The van der Waals surface area contributed by atoms with Gasteiger partial charge < -0.3 is 0 Å². The Kier molecular flexibility index (Phi) is 5.53. The van der Waals surface area contributed by atoms with E-state index in [1.54, 1.807) is 12.1 Å². The molecule has 1 aromatic heterocycles. The molecule has 0 atom stereocenters. The molecule has 0 unspecified atom stereocenters. The van der Waals surface area contributed by atoms with Gasteiger partial charge in [0, 0.05) is 11.6 Å². The Morgan fingerprint density at radius 1 is 1.26 bits per heavy atom. The largest absolute Gasteiger partial charge is 0.544 e. The zero-order chi connectivity index (χ0) is 19.6. The summed E-state index contributed by atoms with van der Waals surface area (Å²) in [5.74, 6) is 0. The van der Waals surface area contributed by atoms with Gasteiger partial charge in [0.05, 0.1) is 21.7 Å². The van der Waals surface area contributed by atoms with E-state index in [2.05, 4.69) is 9.82 Å². The molecule has 6 nitrogen and oxygen atoms in total. The number of thiazole rings is 1. The van der Waals surface area contributed by atoms with Gasteiger partial charge in [-0.05, 0) is 18.4 Å². The zero-order valence-electron chi connectivity index (χ0n) is 13.8. The summed E-state index contributed by atoms with van der Waals surface area (Å²) in [7, 11) is 0. The van der Waals surface area contributed by atoms with Gasteiger partial charge in [-0.25, -0.2) is 10.0 Å². The van der Waals surface area contributed by atoms with E-state index in [0.717, 1.165) is 15.1 Å². The Hall–Kier alpha value is -2.37. The molecule has 3 aromatic rings. The third-order valence-corrected chi connectivity index (χ3v) is 5.54. The van der Waals surface area contributed by atoms with Crippen LogP contribution in [0.4, 0.5) is 24.5 Å². The van der Waals surface area contributed by atoms with Crippen LogP contribution in [0.3, 0.4) is 0 Å². The van der Waals surface area contributed by atoms with Crippen molar-refractivity contribution in [2.75, 3.05) is 11.3 Å². The smallest absolute Gasteiger partial charge is 0.258 e. The van der Waals surface area contributed by atoms with E-state index in [1.807, 2.05) is 12.3 Å². The lowest BCUT2D eigenvalue weighted by molar-refractivity contribution is -0.385. The quantitative estimate of drug-likeness (QED) is 0.306. The molecule has 27 heavy (non-hydrogen) atoms. The fourth-order valence-electron chi connectivity index (χ4n) is 2.48. The van der Waals surface area contributed by atoms with Gasteiger partial charge in [0.1, 0.15) is 5.69 Å². The average Bonchev–Trinajstić information content (AvgIpc) is 3.04. The van der Waals surface area contributed by atoms with Crippen LogP contribution in [0.1, 0.15) is 5.56 Å². The summed E-state index contributed by atoms with van der Waals surface area (Å²) >= 11 is 2.85. The van der Waals surface area contributed by atoms with E-state index in [4.69, 9.17) is 0 Å². The minimum absolute atomic E-state index is 0.294. The van der Waals surface area contributed by atoms with Gasteiger partial charge in [-0.1, -0.05) is 36.0 Å². The minimum Gasteiger partial charge on any atom is -0.258 e. The number of hydroxylamine groups is 1. The van der Waals surface area contributed by atoms with Gasteiger partial charge in [-0.3, -0.25) is 10.1 Å². The van der Waals surface area contributed by atoms with E-state index in [1.165, 1.54) is 41.3 Å². The number of anilines is 1. The molecule has 0 spiro atoms. The van der Waals surface area contributed by atoms with Crippen molar-refractivity contribution in [3.63, 3.8) is 0 Å². The highest BCUT2D eigenvalue weighted by atomic mass is 32.2. The Labute approximate surface area is 159 Å². The summed E-state index contributed by atoms with van der Waals surface area (Å²) in [6.07, 6.45) is -3.16. The highest BCUT2D eigenvalue weighted by Gasteiger charge is 2.36. The van der Waals surface area contributed by atoms with Crippen molar-refractivity contribution in [1.82, 2.24) is 4.98 Å². The first-order valence-electron chi connectivity index (χ1n) is 7.47. The number of hydrogen-bond acceptors (Lipinski definition) is 7. The second-order valence-electron chi connectivity index (χ2n) is 5.27. The van der Waals surface area contributed by atoms with E-state index < -0.39 is 17.0 Å². The number of nitro groups is 1. The van der Waals surface area contributed by atoms with Gasteiger partial charge in [0.15, 0.2) is 4.34 Å². The molecule has 0 aliphatic rings. The molecule has 0 bridgehead atoms. The molecule has 0 amide bonds. The van der Waals surface area contributed by atoms with Crippen molar-refractivity contribution in [3.8, 4) is 0 Å². The van der Waals surface area contributed by atoms with E-state index in [-0.39, 0.29) is 12.2 Å². The number of aromatic nitrogens is 1. The van der Waals surface area contributed by atoms with Gasteiger partial charge in [0.25, 0.3) is 5.69 Å². The predicted molar refractivity (Wildman–Crippen MR) is 97.8 cm³/mol. The third kappa shape index (κ3) is 4.49. The molecule has 0 fully saturated rings. The summed E-state index contributed by atoms with van der Waals surface area (Å²) in [6, 6.07) is 10.2. The first kappa shape index (κ1) is 19.4. The second kappa shape index (κ2) is 7.71. The fourth-order valence-corrected chi connectivity index (χ4v) is 4.01. The van der Waals surface area contributed by atoms with Crippen LogP contribution in [0.2, 0.25) is 0 Å². The molecule has 1 heterocycles. The third-order valence-electron chi connectivity index (χ3n) is 3.53. The molecule has 142 valence electrons. The summed E-state index contributed by atoms with van der Waals surface area (Å²) in [6.45, 7) is -0.362. The number of para-hydroxylation sites is 3. The highest BCUT2D eigenvalue weighted by Crippen LogP contribution is 2.35. The predicted octanol–water partition coefficient (Wildman–Crippen LogP) is 5.38. The number of nitrogens with zero attached hydrogens (tertiary/aromatic N) is 3. The number of hydrogen-bond donors (Lipinski definition) is 0. The number of benzene rings is 2. The van der Waals surface area contributed by atoms with Gasteiger partial charge in [0.2, 0.25) is 0 Å². The lowest BCUT2D eigenvalue weighted by atomic mass is 10.2. The molecule has 11 heteroatoms. The topological polar surface area (TPSA) is 68.5 Å². The minimum atomic E-state index is -5.01. The van der Waals surface area contributed by atoms with Crippen molar-refractivity contribution < 1.29 is 22.9 Å². The Balaban J connectivity index is 2.06. The van der Waals surface area contributed by atoms with Crippen LogP contribution in [0, 0.1) is 10.1 Å². The monoisotopic (exact) mass is 415 g/mol. The van der Waals surface area contributed by atoms with Crippen LogP contribution >= 0.6 is 23.1 Å². The van der Waals surface area contributed by atoms with Crippen LogP contribution in [0.5, 0.6) is 0 Å². The number of fused-ring (bicyclic) bond motifs is 1. The molecule has 0 aliphatic carbocycles. The maximum Gasteiger partial charge on any atom is 0.544 e. The fraction of sp³-hybridized carbons (Fsp3) is 0.188. The summed E-state index contributed by atoms with van der Waals surface area (Å²) in [4.78, 5) is 19.0. The van der Waals surface area contributed by atoms with Crippen molar-refractivity contribution in [1.29, 1.82) is 0 Å². The normalized spacial score (nSPS) is 11.7. The zero-order valence-corrected chi connectivity index (χ0v) is 15.4. The summed E-state index contributed by atoms with van der Waals surface area (Å²) < 4.78 is 40.4. The van der Waals surface area contributed by atoms with Crippen LogP contribution in [0.25, 0.3) is 10.2 Å². The molecule has 0 saturated carbocycles. The van der Waals surface area contributed by atoms with Gasteiger partial charge >= 0.3 is 6.36 Å². The van der Waals surface area contributed by atoms with Crippen LogP contribution in [0.15, 0.2) is 46.8 Å². The maximum absolute atomic E-state index is 12.9. The van der Waals surface area contributed by atoms with Crippen LogP contribution < -0.4 is 5.06 Å². The highest BCUT2D eigenvalue weighted by molar-refractivity contribution is 8.00. The maximum atomic E-state index is 12.9. The molecule has 0 saturated heterocycles. The van der Waals surface area contributed by atoms with E-state index >= 15 is 0 Å². The van der Waals surface area contributed by atoms with Crippen molar-refractivity contribution in [2.45, 2.75) is 17.2 Å². The van der Waals surface area contributed by atoms with Crippen molar-refractivity contribution >= 4 is 44.7 Å². The number of thioether (sulfide) groups is 1. The second-order valence-corrected chi connectivity index (χ2v) is 7.35.